The van der Waals surface area contributed by atoms with Gasteiger partial charge in [0.2, 0.25) is 0 Å². The fourth-order valence-electron chi connectivity index (χ4n) is 7.89. The summed E-state index contributed by atoms with van der Waals surface area (Å²) in [5.41, 5.74) is 2.15. The number of hydrogen-bond donors (Lipinski definition) is 3. The number of fused-ring (bicyclic) bond motifs is 5. The van der Waals surface area contributed by atoms with E-state index in [9.17, 15) is 15.3 Å². The molecule has 0 aromatic rings. The van der Waals surface area contributed by atoms with Gasteiger partial charge in [-0.1, -0.05) is 25.5 Å². The van der Waals surface area contributed by atoms with Gasteiger partial charge in [0.15, 0.2) is 0 Å². The van der Waals surface area contributed by atoms with Crippen LogP contribution in [0.3, 0.4) is 0 Å². The molecule has 4 heteroatoms. The lowest BCUT2D eigenvalue weighted by molar-refractivity contribution is -0.0621. The van der Waals surface area contributed by atoms with Crippen LogP contribution in [0.1, 0.15) is 65.2 Å². The van der Waals surface area contributed by atoms with Gasteiger partial charge in [-0.05, 0) is 80.0 Å². The first-order valence-electron chi connectivity index (χ1n) is 11.3. The summed E-state index contributed by atoms with van der Waals surface area (Å²) in [6, 6.07) is 0.495. The molecule has 0 aromatic heterocycles. The molecule has 0 amide bonds. The molecule has 3 fully saturated rings. The highest BCUT2D eigenvalue weighted by Crippen LogP contribution is 2.65. The van der Waals surface area contributed by atoms with Gasteiger partial charge in [-0.25, -0.2) is 0 Å². The highest BCUT2D eigenvalue weighted by atomic mass is 16.3. The Morgan fingerprint density at radius 2 is 1.74 bits per heavy atom. The first-order chi connectivity index (χ1) is 12.9. The molecule has 0 aliphatic heterocycles. The molecule has 7 atom stereocenters. The fourth-order valence-corrected chi connectivity index (χ4v) is 7.89. The van der Waals surface area contributed by atoms with Gasteiger partial charge in [0.1, 0.15) is 0 Å². The Labute approximate surface area is 164 Å². The summed E-state index contributed by atoms with van der Waals surface area (Å²) in [5, 5.41) is 29.2. The summed E-state index contributed by atoms with van der Waals surface area (Å²) in [7, 11) is 0. The normalized spacial score (nSPS) is 46.6. The van der Waals surface area contributed by atoms with E-state index in [2.05, 4.69) is 24.8 Å². The van der Waals surface area contributed by atoms with Crippen LogP contribution >= 0.6 is 0 Å². The van der Waals surface area contributed by atoms with E-state index >= 15 is 0 Å². The monoisotopic (exact) mass is 377 g/mol. The van der Waals surface area contributed by atoms with Crippen LogP contribution in [0.15, 0.2) is 11.6 Å². The van der Waals surface area contributed by atoms with Crippen molar-refractivity contribution in [3.8, 4) is 0 Å². The third-order valence-corrected chi connectivity index (χ3v) is 9.24. The predicted molar refractivity (Wildman–Crippen MR) is 107 cm³/mol. The molecule has 4 nitrogen and oxygen atoms in total. The maximum Gasteiger partial charge on any atom is 0.0577 e. The van der Waals surface area contributed by atoms with E-state index in [0.29, 0.717) is 30.0 Å². The largest absolute Gasteiger partial charge is 0.395 e. The minimum atomic E-state index is -0.129. The zero-order chi connectivity index (χ0) is 19.2. The van der Waals surface area contributed by atoms with Crippen molar-refractivity contribution in [2.75, 3.05) is 26.3 Å². The number of rotatable bonds is 5. The molecule has 0 saturated heterocycles. The van der Waals surface area contributed by atoms with E-state index in [1.165, 1.54) is 32.1 Å². The number of aliphatic hydroxyl groups is 3. The van der Waals surface area contributed by atoms with E-state index in [0.717, 1.165) is 37.0 Å². The molecule has 3 N–H and O–H groups in total. The molecule has 0 aromatic carbocycles. The quantitative estimate of drug-likeness (QED) is 0.645. The number of hydrogen-bond acceptors (Lipinski definition) is 4. The number of aliphatic hydroxyl groups excluding tert-OH is 3. The second-order valence-corrected chi connectivity index (χ2v) is 10.3. The highest BCUT2D eigenvalue weighted by molar-refractivity contribution is 5.25. The highest BCUT2D eigenvalue weighted by Gasteiger charge is 2.59. The first-order valence-corrected chi connectivity index (χ1v) is 11.3. The Hall–Kier alpha value is -0.420. The maximum atomic E-state index is 10.2. The molecule has 0 radical (unpaired) electrons. The fraction of sp³-hybridized carbons (Fsp3) is 0.913. The van der Waals surface area contributed by atoms with Gasteiger partial charge >= 0.3 is 0 Å². The van der Waals surface area contributed by atoms with E-state index in [4.69, 9.17) is 0 Å². The minimum absolute atomic E-state index is 0.129. The Bertz CT molecular complexity index is 572. The minimum Gasteiger partial charge on any atom is -0.395 e. The van der Waals surface area contributed by atoms with E-state index in [-0.39, 0.29) is 19.3 Å². The van der Waals surface area contributed by atoms with Crippen LogP contribution in [0.2, 0.25) is 0 Å². The van der Waals surface area contributed by atoms with Crippen molar-refractivity contribution < 1.29 is 15.3 Å². The van der Waals surface area contributed by atoms with Crippen LogP contribution in [0, 0.1) is 28.6 Å². The number of nitrogens with zero attached hydrogens (tertiary/aromatic N) is 1. The van der Waals surface area contributed by atoms with Crippen LogP contribution < -0.4 is 0 Å². The Kier molecular flexibility index (Phi) is 5.48. The van der Waals surface area contributed by atoms with Crippen molar-refractivity contribution in [1.29, 1.82) is 0 Å². The molecule has 27 heavy (non-hydrogen) atoms. The second-order valence-electron chi connectivity index (χ2n) is 10.3. The lowest BCUT2D eigenvalue weighted by atomic mass is 9.47. The molecule has 4 aliphatic rings. The van der Waals surface area contributed by atoms with E-state index < -0.39 is 0 Å². The van der Waals surface area contributed by atoms with Crippen molar-refractivity contribution in [3.05, 3.63) is 11.6 Å². The summed E-state index contributed by atoms with van der Waals surface area (Å²) in [5.74, 6) is 2.29. The predicted octanol–water partition coefficient (Wildman–Crippen LogP) is 2.97. The van der Waals surface area contributed by atoms with Gasteiger partial charge in [0.25, 0.3) is 0 Å². The summed E-state index contributed by atoms with van der Waals surface area (Å²) < 4.78 is 0. The van der Waals surface area contributed by atoms with E-state index in [1.54, 1.807) is 5.57 Å². The van der Waals surface area contributed by atoms with Gasteiger partial charge < -0.3 is 15.3 Å². The summed E-state index contributed by atoms with van der Waals surface area (Å²) in [6.45, 7) is 6.70. The van der Waals surface area contributed by atoms with Gasteiger partial charge in [-0.15, -0.1) is 0 Å². The molecule has 0 spiro atoms. The number of allylic oxidation sites excluding steroid dienone is 1. The molecule has 4 rings (SSSR count). The van der Waals surface area contributed by atoms with Crippen molar-refractivity contribution >= 4 is 0 Å². The standard InChI is InChI=1S/C23H39NO3/c1-22-9-7-17(27)15-16(22)3-4-18-19-5-6-21(24(11-13-25)12-14-26)23(19,2)10-8-20(18)22/h3,17-21,25-27H,4-15H2,1-2H3/t17-,18-,19-,20-,21-,22-,23-/m0/s1. The average Bonchev–Trinajstić information content (AvgIpc) is 2.99. The third-order valence-electron chi connectivity index (χ3n) is 9.24. The first kappa shape index (κ1) is 19.9. The van der Waals surface area contributed by atoms with Crippen LogP contribution in [0.5, 0.6) is 0 Å². The van der Waals surface area contributed by atoms with Gasteiger partial charge in [0.05, 0.1) is 19.3 Å². The van der Waals surface area contributed by atoms with Gasteiger partial charge in [0, 0.05) is 19.1 Å². The summed E-state index contributed by atoms with van der Waals surface area (Å²) in [4.78, 5) is 2.36. The Balaban J connectivity index is 1.58. The Morgan fingerprint density at radius 3 is 2.44 bits per heavy atom. The molecule has 3 saturated carbocycles. The molecule has 0 heterocycles. The molecule has 4 aliphatic carbocycles. The van der Waals surface area contributed by atoms with Crippen LogP contribution in [-0.4, -0.2) is 58.7 Å². The topological polar surface area (TPSA) is 63.9 Å². The zero-order valence-corrected chi connectivity index (χ0v) is 17.2. The van der Waals surface area contributed by atoms with Crippen molar-refractivity contribution in [3.63, 3.8) is 0 Å². The van der Waals surface area contributed by atoms with Crippen molar-refractivity contribution in [2.24, 2.45) is 28.6 Å². The zero-order valence-electron chi connectivity index (χ0n) is 17.2. The van der Waals surface area contributed by atoms with Crippen molar-refractivity contribution in [1.82, 2.24) is 4.90 Å². The van der Waals surface area contributed by atoms with Crippen LogP contribution in [0.25, 0.3) is 0 Å². The van der Waals surface area contributed by atoms with Crippen LogP contribution in [-0.2, 0) is 0 Å². The lowest BCUT2D eigenvalue weighted by Crippen LogP contribution is -2.54. The van der Waals surface area contributed by atoms with Crippen LogP contribution in [0.4, 0.5) is 0 Å². The summed E-state index contributed by atoms with van der Waals surface area (Å²) >= 11 is 0. The second kappa shape index (κ2) is 7.44. The molecular formula is C23H39NO3. The molecule has 154 valence electrons. The van der Waals surface area contributed by atoms with Gasteiger partial charge in [-0.3, -0.25) is 4.90 Å². The van der Waals surface area contributed by atoms with Gasteiger partial charge in [-0.2, -0.15) is 0 Å². The smallest absolute Gasteiger partial charge is 0.0577 e. The van der Waals surface area contributed by atoms with E-state index in [1.807, 2.05) is 0 Å². The third kappa shape index (κ3) is 3.11. The Morgan fingerprint density at radius 1 is 1.00 bits per heavy atom. The maximum absolute atomic E-state index is 10.2. The molecule has 0 unspecified atom stereocenters. The SMILES string of the molecule is C[C@]12CC[C@H]3[C@@H](CC=C4C[C@@H](O)CC[C@@]43C)[C@@H]1CC[C@@H]2N(CCO)CCO. The molecular weight excluding hydrogens is 338 g/mol. The average molecular weight is 378 g/mol. The van der Waals surface area contributed by atoms with Crippen molar-refractivity contribution in [2.45, 2.75) is 77.4 Å². The lowest BCUT2D eigenvalue weighted by Gasteiger charge is -2.58. The molecule has 0 bridgehead atoms. The summed E-state index contributed by atoms with van der Waals surface area (Å²) in [6.07, 6.45) is 11.6.